The first-order valence-electron chi connectivity index (χ1n) is 6.47. The SMILES string of the molecule is C=CCn1cnnc1SCc1nc2ccc(Cl)cc2c(=O)[nH]1. The Morgan fingerprint density at radius 2 is 2.32 bits per heavy atom. The Hall–Kier alpha value is -2.12. The molecule has 0 saturated heterocycles. The molecule has 8 heteroatoms. The quantitative estimate of drug-likeness (QED) is 0.573. The normalized spacial score (nSPS) is 11.0. The first kappa shape index (κ1) is 14.8. The summed E-state index contributed by atoms with van der Waals surface area (Å²) in [4.78, 5) is 19.3. The van der Waals surface area contributed by atoms with Crippen LogP contribution in [0.25, 0.3) is 10.9 Å². The van der Waals surface area contributed by atoms with Gasteiger partial charge in [-0.15, -0.1) is 16.8 Å². The second-order valence-corrected chi connectivity index (χ2v) is 5.90. The summed E-state index contributed by atoms with van der Waals surface area (Å²) in [6, 6.07) is 5.07. The van der Waals surface area contributed by atoms with E-state index in [1.807, 2.05) is 4.57 Å². The molecule has 0 unspecified atom stereocenters. The van der Waals surface area contributed by atoms with Crippen molar-refractivity contribution in [2.24, 2.45) is 0 Å². The molecule has 0 spiro atoms. The van der Waals surface area contributed by atoms with Crippen molar-refractivity contribution in [3.8, 4) is 0 Å². The van der Waals surface area contributed by atoms with Gasteiger partial charge in [0.25, 0.3) is 5.56 Å². The molecule has 0 fully saturated rings. The van der Waals surface area contributed by atoms with E-state index in [1.165, 1.54) is 11.8 Å². The maximum atomic E-state index is 12.1. The summed E-state index contributed by atoms with van der Waals surface area (Å²) in [6.45, 7) is 4.33. The molecule has 1 aromatic carbocycles. The van der Waals surface area contributed by atoms with E-state index in [2.05, 4.69) is 26.7 Å². The second-order valence-electron chi connectivity index (χ2n) is 4.52. The molecule has 3 rings (SSSR count). The third-order valence-electron chi connectivity index (χ3n) is 2.96. The molecule has 0 aliphatic heterocycles. The number of fused-ring (bicyclic) bond motifs is 1. The number of aromatic nitrogens is 5. The number of halogens is 1. The van der Waals surface area contributed by atoms with Crippen molar-refractivity contribution in [1.82, 2.24) is 24.7 Å². The van der Waals surface area contributed by atoms with Crippen LogP contribution in [0, 0.1) is 0 Å². The van der Waals surface area contributed by atoms with Gasteiger partial charge in [-0.2, -0.15) is 0 Å². The Morgan fingerprint density at radius 3 is 3.14 bits per heavy atom. The highest BCUT2D eigenvalue weighted by atomic mass is 35.5. The minimum Gasteiger partial charge on any atom is -0.309 e. The predicted molar refractivity (Wildman–Crippen MR) is 87.2 cm³/mol. The molecule has 0 saturated carbocycles. The van der Waals surface area contributed by atoms with Gasteiger partial charge in [0.1, 0.15) is 12.2 Å². The van der Waals surface area contributed by atoms with Gasteiger partial charge in [-0.3, -0.25) is 4.79 Å². The Labute approximate surface area is 135 Å². The van der Waals surface area contributed by atoms with Crippen LogP contribution in [0.5, 0.6) is 0 Å². The summed E-state index contributed by atoms with van der Waals surface area (Å²) < 4.78 is 1.87. The van der Waals surface area contributed by atoms with Crippen molar-refractivity contribution in [2.75, 3.05) is 0 Å². The van der Waals surface area contributed by atoms with Gasteiger partial charge in [-0.05, 0) is 18.2 Å². The standard InChI is InChI=1S/C14H12ClN5OS/c1-2-5-20-8-16-19-14(20)22-7-12-17-11-4-3-9(15)6-10(11)13(21)18-12/h2-4,6,8H,1,5,7H2,(H,17,18,21). The highest BCUT2D eigenvalue weighted by molar-refractivity contribution is 7.98. The zero-order valence-corrected chi connectivity index (χ0v) is 13.1. The fourth-order valence-corrected chi connectivity index (χ4v) is 2.95. The van der Waals surface area contributed by atoms with Crippen LogP contribution < -0.4 is 5.56 Å². The zero-order valence-electron chi connectivity index (χ0n) is 11.5. The smallest absolute Gasteiger partial charge is 0.258 e. The number of nitrogens with zero attached hydrogens (tertiary/aromatic N) is 4. The van der Waals surface area contributed by atoms with Gasteiger partial charge in [0.15, 0.2) is 5.16 Å². The molecule has 0 bridgehead atoms. The first-order chi connectivity index (χ1) is 10.7. The number of benzene rings is 1. The third kappa shape index (κ3) is 3.05. The monoisotopic (exact) mass is 333 g/mol. The van der Waals surface area contributed by atoms with E-state index in [0.717, 1.165) is 5.16 Å². The Bertz CT molecular complexity index is 888. The number of allylic oxidation sites excluding steroid dienone is 1. The van der Waals surface area contributed by atoms with E-state index in [1.54, 1.807) is 30.6 Å². The number of rotatable bonds is 5. The van der Waals surface area contributed by atoms with Crippen molar-refractivity contribution < 1.29 is 0 Å². The van der Waals surface area contributed by atoms with E-state index < -0.39 is 0 Å². The van der Waals surface area contributed by atoms with Gasteiger partial charge in [-0.1, -0.05) is 29.4 Å². The topological polar surface area (TPSA) is 76.5 Å². The zero-order chi connectivity index (χ0) is 15.5. The average molecular weight is 334 g/mol. The molecule has 3 aromatic rings. The van der Waals surface area contributed by atoms with Gasteiger partial charge in [-0.25, -0.2) is 4.98 Å². The number of nitrogens with one attached hydrogen (secondary N) is 1. The van der Waals surface area contributed by atoms with Crippen LogP contribution >= 0.6 is 23.4 Å². The molecule has 112 valence electrons. The van der Waals surface area contributed by atoms with Crippen LogP contribution in [0.15, 0.2) is 47.1 Å². The molecule has 0 aliphatic rings. The highest BCUT2D eigenvalue weighted by Gasteiger charge is 2.08. The second kappa shape index (κ2) is 6.33. The minimum atomic E-state index is -0.198. The third-order valence-corrected chi connectivity index (χ3v) is 4.19. The maximum absolute atomic E-state index is 12.1. The lowest BCUT2D eigenvalue weighted by Gasteiger charge is -2.04. The lowest BCUT2D eigenvalue weighted by molar-refractivity contribution is 0.724. The minimum absolute atomic E-state index is 0.198. The number of hydrogen-bond donors (Lipinski definition) is 1. The molecule has 22 heavy (non-hydrogen) atoms. The summed E-state index contributed by atoms with van der Waals surface area (Å²) in [5, 5.41) is 9.65. The van der Waals surface area contributed by atoms with Crippen molar-refractivity contribution in [3.05, 3.63) is 58.4 Å². The molecule has 0 radical (unpaired) electrons. The van der Waals surface area contributed by atoms with E-state index in [-0.39, 0.29) is 5.56 Å². The molecule has 2 aromatic heterocycles. The van der Waals surface area contributed by atoms with Crippen LogP contribution in [-0.2, 0) is 12.3 Å². The molecule has 0 atom stereocenters. The summed E-state index contributed by atoms with van der Waals surface area (Å²) in [5.41, 5.74) is 0.423. The van der Waals surface area contributed by atoms with Gasteiger partial charge >= 0.3 is 0 Å². The molecular weight excluding hydrogens is 322 g/mol. The van der Waals surface area contributed by atoms with Crippen LogP contribution in [0.3, 0.4) is 0 Å². The van der Waals surface area contributed by atoms with E-state index in [9.17, 15) is 4.79 Å². The van der Waals surface area contributed by atoms with Crippen LogP contribution in [0.2, 0.25) is 5.02 Å². The summed E-state index contributed by atoms with van der Waals surface area (Å²) >= 11 is 7.35. The first-order valence-corrected chi connectivity index (χ1v) is 7.83. The Morgan fingerprint density at radius 1 is 1.45 bits per heavy atom. The molecule has 6 nitrogen and oxygen atoms in total. The highest BCUT2D eigenvalue weighted by Crippen LogP contribution is 2.20. The Kier molecular flexibility index (Phi) is 4.26. The molecule has 1 N–H and O–H groups in total. The number of H-pyrrole nitrogens is 1. The average Bonchev–Trinajstić information content (AvgIpc) is 2.94. The molecule has 0 aliphatic carbocycles. The molecule has 0 amide bonds. The van der Waals surface area contributed by atoms with Gasteiger partial charge in [0.2, 0.25) is 0 Å². The fourth-order valence-electron chi connectivity index (χ4n) is 1.98. The van der Waals surface area contributed by atoms with E-state index >= 15 is 0 Å². The van der Waals surface area contributed by atoms with Crippen molar-refractivity contribution in [2.45, 2.75) is 17.5 Å². The van der Waals surface area contributed by atoms with E-state index in [4.69, 9.17) is 11.6 Å². The van der Waals surface area contributed by atoms with Crippen LogP contribution in [0.4, 0.5) is 0 Å². The predicted octanol–water partition coefficient (Wildman–Crippen LogP) is 2.65. The number of thioether (sulfide) groups is 1. The van der Waals surface area contributed by atoms with Gasteiger partial charge < -0.3 is 9.55 Å². The van der Waals surface area contributed by atoms with Crippen molar-refractivity contribution in [3.63, 3.8) is 0 Å². The Balaban J connectivity index is 1.85. The largest absolute Gasteiger partial charge is 0.309 e. The fraction of sp³-hybridized carbons (Fsp3) is 0.143. The van der Waals surface area contributed by atoms with Gasteiger partial charge in [0, 0.05) is 11.6 Å². The number of aromatic amines is 1. The lowest BCUT2D eigenvalue weighted by atomic mass is 10.2. The van der Waals surface area contributed by atoms with Crippen LogP contribution in [0.1, 0.15) is 5.82 Å². The van der Waals surface area contributed by atoms with Crippen molar-refractivity contribution in [1.29, 1.82) is 0 Å². The van der Waals surface area contributed by atoms with E-state index in [0.29, 0.717) is 34.0 Å². The lowest BCUT2D eigenvalue weighted by Crippen LogP contribution is -2.11. The molecule has 2 heterocycles. The summed E-state index contributed by atoms with van der Waals surface area (Å²) in [6.07, 6.45) is 3.41. The summed E-state index contributed by atoms with van der Waals surface area (Å²) in [5.74, 6) is 1.07. The van der Waals surface area contributed by atoms with Gasteiger partial charge in [0.05, 0.1) is 16.7 Å². The van der Waals surface area contributed by atoms with Crippen molar-refractivity contribution >= 4 is 34.3 Å². The van der Waals surface area contributed by atoms with Crippen LogP contribution in [-0.4, -0.2) is 24.7 Å². The maximum Gasteiger partial charge on any atom is 0.258 e. The summed E-state index contributed by atoms with van der Waals surface area (Å²) in [7, 11) is 0. The number of hydrogen-bond acceptors (Lipinski definition) is 5. The molecular formula is C14H12ClN5OS.